The lowest BCUT2D eigenvalue weighted by Crippen LogP contribution is -2.47. The fraction of sp³-hybridized carbons (Fsp3) is 0.462. The zero-order valence-corrected chi connectivity index (χ0v) is 12.7. The Morgan fingerprint density at radius 3 is 2.42 bits per heavy atom. The molecule has 0 aromatic heterocycles. The van der Waals surface area contributed by atoms with Gasteiger partial charge in [0, 0.05) is 4.47 Å². The van der Waals surface area contributed by atoms with Crippen LogP contribution in [0.15, 0.2) is 28.7 Å². The molecule has 19 heavy (non-hydrogen) atoms. The summed E-state index contributed by atoms with van der Waals surface area (Å²) in [6.07, 6.45) is 1.77. The lowest BCUT2D eigenvalue weighted by Gasteiger charge is -2.44. The van der Waals surface area contributed by atoms with Crippen LogP contribution in [-0.2, 0) is 14.9 Å². The first kappa shape index (κ1) is 18.0. The van der Waals surface area contributed by atoms with Crippen molar-refractivity contribution < 1.29 is 15.0 Å². The maximum Gasteiger partial charge on any atom is 0.316 e. The molecule has 1 aliphatic carbocycles. The molecule has 1 fully saturated rings. The summed E-state index contributed by atoms with van der Waals surface area (Å²) < 4.78 is 5.95. The van der Waals surface area contributed by atoms with E-state index in [1.807, 2.05) is 24.3 Å². The minimum Gasteiger partial charge on any atom is -0.468 e. The summed E-state index contributed by atoms with van der Waals surface area (Å²) in [5.41, 5.74) is 0.657. The third-order valence-corrected chi connectivity index (χ3v) is 3.84. The Labute approximate surface area is 121 Å². The molecule has 6 heteroatoms. The van der Waals surface area contributed by atoms with Crippen molar-refractivity contribution in [1.29, 1.82) is 0 Å². The van der Waals surface area contributed by atoms with Crippen molar-refractivity contribution in [3.05, 3.63) is 34.3 Å². The van der Waals surface area contributed by atoms with Gasteiger partial charge < -0.3 is 10.2 Å². The standard InChI is InChI=1S/C13H15BrO2.H4N2.H2O/c1-9-7-13(8-9,12(15)16-2)10-4-3-5-11(14)6-10;1-2;/h3-6,9H,7-8H2,1-2H3;1-2H2;1H2. The van der Waals surface area contributed by atoms with E-state index >= 15 is 0 Å². The maximum atomic E-state index is 11.9. The van der Waals surface area contributed by atoms with Crippen LogP contribution in [0.4, 0.5) is 0 Å². The van der Waals surface area contributed by atoms with Gasteiger partial charge in [-0.05, 0) is 36.5 Å². The van der Waals surface area contributed by atoms with Gasteiger partial charge in [-0.1, -0.05) is 35.0 Å². The second-order valence-corrected chi connectivity index (χ2v) is 5.51. The molecule has 0 unspecified atom stereocenters. The Bertz CT molecular complexity index is 420. The van der Waals surface area contributed by atoms with Gasteiger partial charge >= 0.3 is 5.97 Å². The number of methoxy groups -OCH3 is 1. The number of esters is 1. The van der Waals surface area contributed by atoms with Gasteiger partial charge in [-0.15, -0.1) is 0 Å². The maximum absolute atomic E-state index is 11.9. The monoisotopic (exact) mass is 332 g/mol. The van der Waals surface area contributed by atoms with Crippen LogP contribution in [0.3, 0.4) is 0 Å². The van der Waals surface area contributed by atoms with Crippen molar-refractivity contribution in [2.75, 3.05) is 7.11 Å². The Morgan fingerprint density at radius 2 is 2.00 bits per heavy atom. The summed E-state index contributed by atoms with van der Waals surface area (Å²) in [5, 5.41) is 0. The van der Waals surface area contributed by atoms with Crippen LogP contribution in [0.25, 0.3) is 0 Å². The Hall–Kier alpha value is -0.950. The number of hydrogen-bond acceptors (Lipinski definition) is 4. The zero-order chi connectivity index (χ0) is 13.8. The van der Waals surface area contributed by atoms with E-state index in [0.29, 0.717) is 5.92 Å². The van der Waals surface area contributed by atoms with E-state index in [9.17, 15) is 4.79 Å². The highest BCUT2D eigenvalue weighted by molar-refractivity contribution is 9.10. The molecule has 108 valence electrons. The zero-order valence-electron chi connectivity index (χ0n) is 11.2. The molecule has 0 bridgehead atoms. The second kappa shape index (κ2) is 7.59. The molecule has 1 aromatic rings. The van der Waals surface area contributed by atoms with E-state index in [2.05, 4.69) is 34.5 Å². The lowest BCUT2D eigenvalue weighted by molar-refractivity contribution is -0.153. The number of hydrogen-bond donors (Lipinski definition) is 2. The van der Waals surface area contributed by atoms with Crippen LogP contribution in [0, 0.1) is 5.92 Å². The number of nitrogens with two attached hydrogens (primary N) is 2. The van der Waals surface area contributed by atoms with Crippen LogP contribution >= 0.6 is 15.9 Å². The molecule has 0 radical (unpaired) electrons. The number of halogens is 1. The molecule has 0 saturated heterocycles. The SMILES string of the molecule is COC(=O)C1(c2cccc(Br)c2)CC(C)C1.NN.O. The molecule has 6 N–H and O–H groups in total. The van der Waals surface area contributed by atoms with Crippen LogP contribution < -0.4 is 11.7 Å². The summed E-state index contributed by atoms with van der Waals surface area (Å²) in [6, 6.07) is 7.96. The van der Waals surface area contributed by atoms with Crippen molar-refractivity contribution in [2.24, 2.45) is 17.6 Å². The van der Waals surface area contributed by atoms with Gasteiger partial charge in [0.15, 0.2) is 0 Å². The summed E-state index contributed by atoms with van der Waals surface area (Å²) in [6.45, 7) is 2.17. The van der Waals surface area contributed by atoms with E-state index in [1.54, 1.807) is 0 Å². The number of rotatable bonds is 2. The highest BCUT2D eigenvalue weighted by Gasteiger charge is 2.50. The first-order chi connectivity index (χ1) is 8.58. The number of ether oxygens (including phenoxy) is 1. The molecule has 0 heterocycles. The number of carbonyl (C=O) groups is 1. The molecular formula is C13H21BrN2O3. The Kier molecular flexibility index (Phi) is 7.21. The molecule has 1 aliphatic rings. The van der Waals surface area contributed by atoms with Crippen molar-refractivity contribution in [2.45, 2.75) is 25.2 Å². The molecule has 5 nitrogen and oxygen atoms in total. The molecule has 0 atom stereocenters. The number of benzene rings is 1. The quantitative estimate of drug-likeness (QED) is 0.482. The predicted octanol–water partition coefficient (Wildman–Crippen LogP) is 1.28. The predicted molar refractivity (Wildman–Crippen MR) is 78.2 cm³/mol. The van der Waals surface area contributed by atoms with E-state index in [-0.39, 0.29) is 11.4 Å². The van der Waals surface area contributed by atoms with Crippen LogP contribution in [0.5, 0.6) is 0 Å². The topological polar surface area (TPSA) is 110 Å². The largest absolute Gasteiger partial charge is 0.468 e. The van der Waals surface area contributed by atoms with Crippen molar-refractivity contribution in [3.8, 4) is 0 Å². The van der Waals surface area contributed by atoms with Gasteiger partial charge in [-0.25, -0.2) is 0 Å². The van der Waals surface area contributed by atoms with Gasteiger partial charge in [-0.2, -0.15) is 0 Å². The average Bonchev–Trinajstić information content (AvgIpc) is 2.36. The fourth-order valence-electron chi connectivity index (χ4n) is 2.63. The Balaban J connectivity index is 0.00000103. The fourth-order valence-corrected chi connectivity index (χ4v) is 3.03. The van der Waals surface area contributed by atoms with E-state index in [4.69, 9.17) is 4.74 Å². The molecule has 1 aromatic carbocycles. The molecule has 1 saturated carbocycles. The minimum atomic E-state index is -0.405. The normalized spacial score (nSPS) is 24.2. The smallest absolute Gasteiger partial charge is 0.316 e. The molecule has 0 spiro atoms. The lowest BCUT2D eigenvalue weighted by atomic mass is 9.59. The van der Waals surface area contributed by atoms with E-state index in [0.717, 1.165) is 22.9 Å². The third kappa shape index (κ3) is 3.54. The van der Waals surface area contributed by atoms with Gasteiger partial charge in [-0.3, -0.25) is 16.5 Å². The second-order valence-electron chi connectivity index (χ2n) is 4.60. The van der Waals surface area contributed by atoms with Crippen LogP contribution in [0.2, 0.25) is 0 Å². The summed E-state index contributed by atoms with van der Waals surface area (Å²) in [7, 11) is 1.46. The number of hydrazine groups is 1. The average molecular weight is 333 g/mol. The van der Waals surface area contributed by atoms with E-state index in [1.165, 1.54) is 7.11 Å². The first-order valence-corrected chi connectivity index (χ1v) is 6.55. The summed E-state index contributed by atoms with van der Waals surface area (Å²) in [4.78, 5) is 11.9. The van der Waals surface area contributed by atoms with Gasteiger partial charge in [0.05, 0.1) is 12.5 Å². The van der Waals surface area contributed by atoms with Crippen molar-refractivity contribution in [1.82, 2.24) is 0 Å². The number of carbonyl (C=O) groups excluding carboxylic acids is 1. The Morgan fingerprint density at radius 1 is 1.42 bits per heavy atom. The molecule has 2 rings (SSSR count). The first-order valence-electron chi connectivity index (χ1n) is 5.76. The van der Waals surface area contributed by atoms with Crippen molar-refractivity contribution >= 4 is 21.9 Å². The summed E-state index contributed by atoms with van der Waals surface area (Å²) >= 11 is 3.44. The summed E-state index contributed by atoms with van der Waals surface area (Å²) in [5.74, 6) is 8.49. The van der Waals surface area contributed by atoms with Crippen LogP contribution in [0.1, 0.15) is 25.3 Å². The molecular weight excluding hydrogens is 312 g/mol. The van der Waals surface area contributed by atoms with Gasteiger partial charge in [0.1, 0.15) is 0 Å². The van der Waals surface area contributed by atoms with Gasteiger partial charge in [0.25, 0.3) is 0 Å². The van der Waals surface area contributed by atoms with Crippen LogP contribution in [-0.4, -0.2) is 18.6 Å². The molecule has 0 amide bonds. The highest BCUT2D eigenvalue weighted by Crippen LogP contribution is 2.48. The van der Waals surface area contributed by atoms with Crippen molar-refractivity contribution in [3.63, 3.8) is 0 Å². The highest BCUT2D eigenvalue weighted by atomic mass is 79.9. The van der Waals surface area contributed by atoms with E-state index < -0.39 is 5.41 Å². The molecule has 0 aliphatic heterocycles. The third-order valence-electron chi connectivity index (χ3n) is 3.35. The van der Waals surface area contributed by atoms with Gasteiger partial charge in [0.2, 0.25) is 0 Å². The minimum absolute atomic E-state index is 0.